The van der Waals surface area contributed by atoms with Gasteiger partial charge in [-0.25, -0.2) is 4.79 Å². The third-order valence-electron chi connectivity index (χ3n) is 5.20. The molecule has 0 aromatic heterocycles. The zero-order valence-electron chi connectivity index (χ0n) is 17.7. The molecule has 2 N–H and O–H groups in total. The number of nitrogens with one attached hydrogen (secondary N) is 2. The summed E-state index contributed by atoms with van der Waals surface area (Å²) in [4.78, 5) is 14.2. The Kier molecular flexibility index (Phi) is 7.96. The molecule has 0 saturated carbocycles. The Morgan fingerprint density at radius 1 is 1.19 bits per heavy atom. The van der Waals surface area contributed by atoms with Gasteiger partial charge in [-0.3, -0.25) is 0 Å². The zero-order chi connectivity index (χ0) is 19.9. The van der Waals surface area contributed by atoms with Gasteiger partial charge in [0.2, 0.25) is 0 Å². The summed E-state index contributed by atoms with van der Waals surface area (Å²) in [6.45, 7) is 8.83. The first-order chi connectivity index (χ1) is 12.8. The number of urea groups is 1. The number of aryl methyl sites for hydroxylation is 1. The van der Waals surface area contributed by atoms with Crippen molar-refractivity contribution in [1.82, 2.24) is 10.6 Å². The third kappa shape index (κ3) is 7.06. The Balaban J connectivity index is 1.65. The van der Waals surface area contributed by atoms with E-state index in [0.29, 0.717) is 19.0 Å². The van der Waals surface area contributed by atoms with Gasteiger partial charge in [0.1, 0.15) is 0 Å². The summed E-state index contributed by atoms with van der Waals surface area (Å²) in [7, 11) is 4.08. The largest absolute Gasteiger partial charge is 0.378 e. The van der Waals surface area contributed by atoms with Gasteiger partial charge >= 0.3 is 6.03 Å². The topological polar surface area (TPSA) is 53.6 Å². The molecular weight excluding hydrogens is 338 g/mol. The van der Waals surface area contributed by atoms with E-state index in [-0.39, 0.29) is 17.6 Å². The van der Waals surface area contributed by atoms with Crippen molar-refractivity contribution in [2.45, 2.75) is 52.6 Å². The van der Waals surface area contributed by atoms with Crippen LogP contribution in [-0.4, -0.2) is 45.9 Å². The lowest BCUT2D eigenvalue weighted by Gasteiger charge is -2.40. The molecule has 2 atom stereocenters. The van der Waals surface area contributed by atoms with Gasteiger partial charge in [-0.15, -0.1) is 0 Å². The number of carbonyl (C=O) groups is 1. The van der Waals surface area contributed by atoms with Crippen LogP contribution in [0.15, 0.2) is 24.3 Å². The van der Waals surface area contributed by atoms with Crippen LogP contribution in [0.4, 0.5) is 10.5 Å². The van der Waals surface area contributed by atoms with E-state index < -0.39 is 0 Å². The summed E-state index contributed by atoms with van der Waals surface area (Å²) in [6.07, 6.45) is 4.30. The third-order valence-corrected chi connectivity index (χ3v) is 5.20. The smallest absolute Gasteiger partial charge is 0.314 e. The van der Waals surface area contributed by atoms with E-state index in [1.54, 1.807) is 0 Å². The molecule has 1 fully saturated rings. The molecule has 0 bridgehead atoms. The fraction of sp³-hybridized carbons (Fsp3) is 0.682. The fourth-order valence-electron chi connectivity index (χ4n) is 3.75. The minimum absolute atomic E-state index is 0.0730. The molecule has 0 radical (unpaired) electrons. The molecule has 5 heteroatoms. The average molecular weight is 376 g/mol. The first kappa shape index (κ1) is 21.5. The van der Waals surface area contributed by atoms with Crippen LogP contribution in [0.25, 0.3) is 0 Å². The molecule has 0 aliphatic carbocycles. The molecule has 1 aromatic rings. The maximum Gasteiger partial charge on any atom is 0.314 e. The highest BCUT2D eigenvalue weighted by Crippen LogP contribution is 2.33. The first-order valence-electron chi connectivity index (χ1n) is 10.2. The van der Waals surface area contributed by atoms with Crippen molar-refractivity contribution in [1.29, 1.82) is 0 Å². The lowest BCUT2D eigenvalue weighted by Crippen LogP contribution is -2.47. The van der Waals surface area contributed by atoms with Gasteiger partial charge in [0.25, 0.3) is 0 Å². The van der Waals surface area contributed by atoms with Crippen molar-refractivity contribution in [3.05, 3.63) is 29.8 Å². The second-order valence-electron chi connectivity index (χ2n) is 8.86. The molecule has 1 aliphatic rings. The first-order valence-corrected chi connectivity index (χ1v) is 10.2. The highest BCUT2D eigenvalue weighted by Gasteiger charge is 2.35. The summed E-state index contributed by atoms with van der Waals surface area (Å²) in [5, 5.41) is 6.01. The molecule has 2 unspecified atom stereocenters. The van der Waals surface area contributed by atoms with Gasteiger partial charge in [-0.1, -0.05) is 32.9 Å². The van der Waals surface area contributed by atoms with E-state index in [2.05, 4.69) is 60.6 Å². The predicted molar refractivity (Wildman–Crippen MR) is 112 cm³/mol. The molecule has 1 aromatic carbocycles. The molecule has 5 nitrogen and oxygen atoms in total. The van der Waals surface area contributed by atoms with Gasteiger partial charge in [-0.05, 0) is 48.8 Å². The SMILES string of the molecule is CN(C)c1ccc(CCCNC(=O)NCC2CCCOC2C(C)(C)C)cc1. The van der Waals surface area contributed by atoms with Crippen LogP contribution in [-0.2, 0) is 11.2 Å². The number of nitrogens with zero attached hydrogens (tertiary/aromatic N) is 1. The molecule has 2 rings (SSSR count). The number of benzene rings is 1. The molecule has 0 spiro atoms. The van der Waals surface area contributed by atoms with Crippen LogP contribution in [0.3, 0.4) is 0 Å². The lowest BCUT2D eigenvalue weighted by atomic mass is 9.78. The van der Waals surface area contributed by atoms with Crippen LogP contribution in [0.2, 0.25) is 0 Å². The van der Waals surface area contributed by atoms with Gasteiger partial charge in [0.15, 0.2) is 0 Å². The van der Waals surface area contributed by atoms with Crippen LogP contribution < -0.4 is 15.5 Å². The molecule has 1 saturated heterocycles. The zero-order valence-corrected chi connectivity index (χ0v) is 17.7. The summed E-state index contributed by atoms with van der Waals surface area (Å²) in [5.74, 6) is 0.389. The van der Waals surface area contributed by atoms with Crippen molar-refractivity contribution in [2.75, 3.05) is 38.7 Å². The van der Waals surface area contributed by atoms with Gasteiger partial charge < -0.3 is 20.3 Å². The van der Waals surface area contributed by atoms with Crippen LogP contribution in [0.1, 0.15) is 45.6 Å². The number of rotatable bonds is 7. The Labute approximate surface area is 164 Å². The van der Waals surface area contributed by atoms with E-state index in [4.69, 9.17) is 4.74 Å². The molecule has 2 amide bonds. The van der Waals surface area contributed by atoms with Crippen LogP contribution >= 0.6 is 0 Å². The number of amides is 2. The number of carbonyl (C=O) groups excluding carboxylic acids is 1. The highest BCUT2D eigenvalue weighted by molar-refractivity contribution is 5.73. The van der Waals surface area contributed by atoms with E-state index in [1.807, 2.05) is 14.1 Å². The number of hydrogen-bond donors (Lipinski definition) is 2. The van der Waals surface area contributed by atoms with Crippen molar-refractivity contribution >= 4 is 11.7 Å². The Hall–Kier alpha value is -1.75. The Bertz CT molecular complexity index is 578. The number of anilines is 1. The second kappa shape index (κ2) is 9.98. The summed E-state index contributed by atoms with van der Waals surface area (Å²) in [5.41, 5.74) is 2.61. The average Bonchev–Trinajstić information content (AvgIpc) is 2.63. The molecular formula is C22H37N3O2. The van der Waals surface area contributed by atoms with Crippen molar-refractivity contribution in [3.8, 4) is 0 Å². The van der Waals surface area contributed by atoms with Crippen LogP contribution in [0.5, 0.6) is 0 Å². The lowest BCUT2D eigenvalue weighted by molar-refractivity contribution is -0.0837. The molecule has 1 aliphatic heterocycles. The highest BCUT2D eigenvalue weighted by atomic mass is 16.5. The molecule has 1 heterocycles. The minimum Gasteiger partial charge on any atom is -0.378 e. The summed E-state index contributed by atoms with van der Waals surface area (Å²) in [6, 6.07) is 8.51. The van der Waals surface area contributed by atoms with Gasteiger partial charge in [-0.2, -0.15) is 0 Å². The molecule has 27 heavy (non-hydrogen) atoms. The van der Waals surface area contributed by atoms with E-state index in [0.717, 1.165) is 32.3 Å². The van der Waals surface area contributed by atoms with E-state index >= 15 is 0 Å². The number of hydrogen-bond acceptors (Lipinski definition) is 3. The van der Waals surface area contributed by atoms with Crippen molar-refractivity contribution in [3.63, 3.8) is 0 Å². The maximum absolute atomic E-state index is 12.1. The quantitative estimate of drug-likeness (QED) is 0.712. The maximum atomic E-state index is 12.1. The number of ether oxygens (including phenoxy) is 1. The normalized spacial score (nSPS) is 20.2. The summed E-state index contributed by atoms with van der Waals surface area (Å²) < 4.78 is 5.98. The van der Waals surface area contributed by atoms with E-state index in [1.165, 1.54) is 11.3 Å². The predicted octanol–water partition coefficient (Wildman–Crippen LogP) is 3.83. The standard InChI is InChI=1S/C22H37N3O2/c1-22(2,3)20-18(9-7-15-27-20)16-24-21(26)23-14-6-8-17-10-12-19(13-11-17)25(4)5/h10-13,18,20H,6-9,14-16H2,1-5H3,(H2,23,24,26). The van der Waals surface area contributed by atoms with Gasteiger partial charge in [0, 0.05) is 45.4 Å². The monoisotopic (exact) mass is 375 g/mol. The van der Waals surface area contributed by atoms with Crippen molar-refractivity contribution in [2.24, 2.45) is 11.3 Å². The molecule has 152 valence electrons. The van der Waals surface area contributed by atoms with E-state index in [9.17, 15) is 4.79 Å². The Morgan fingerprint density at radius 3 is 2.52 bits per heavy atom. The van der Waals surface area contributed by atoms with Gasteiger partial charge in [0.05, 0.1) is 6.10 Å². The minimum atomic E-state index is -0.0730. The summed E-state index contributed by atoms with van der Waals surface area (Å²) >= 11 is 0. The second-order valence-corrected chi connectivity index (χ2v) is 8.86. The Morgan fingerprint density at radius 2 is 1.89 bits per heavy atom. The van der Waals surface area contributed by atoms with Crippen LogP contribution in [0, 0.1) is 11.3 Å². The fourth-order valence-corrected chi connectivity index (χ4v) is 3.75. The van der Waals surface area contributed by atoms with Crippen molar-refractivity contribution < 1.29 is 9.53 Å².